The van der Waals surface area contributed by atoms with Gasteiger partial charge in [0.1, 0.15) is 6.04 Å². The summed E-state index contributed by atoms with van der Waals surface area (Å²) in [6, 6.07) is 10.9. The second kappa shape index (κ2) is 8.06. The lowest BCUT2D eigenvalue weighted by Gasteiger charge is -2.27. The molecule has 2 aliphatic heterocycles. The molecule has 0 radical (unpaired) electrons. The number of nitrogens with zero attached hydrogens (tertiary/aromatic N) is 4. The van der Waals surface area contributed by atoms with Gasteiger partial charge in [0.15, 0.2) is 0 Å². The number of hydrogen-bond donors (Lipinski definition) is 0. The molecule has 3 heterocycles. The van der Waals surface area contributed by atoms with Crippen LogP contribution < -0.4 is 0 Å². The number of carbonyl (C=O) groups is 2. The van der Waals surface area contributed by atoms with E-state index < -0.39 is 6.04 Å². The van der Waals surface area contributed by atoms with E-state index in [4.69, 9.17) is 4.74 Å². The van der Waals surface area contributed by atoms with Crippen molar-refractivity contribution in [1.82, 2.24) is 20.0 Å². The van der Waals surface area contributed by atoms with Gasteiger partial charge in [-0.3, -0.25) is 9.59 Å². The Labute approximate surface area is 164 Å². The third-order valence-corrected chi connectivity index (χ3v) is 5.53. The lowest BCUT2D eigenvalue weighted by Crippen LogP contribution is -2.47. The molecule has 146 valence electrons. The summed E-state index contributed by atoms with van der Waals surface area (Å²) in [5.74, 6) is -0.181. The van der Waals surface area contributed by atoms with Gasteiger partial charge in [0, 0.05) is 38.7 Å². The molecule has 0 aliphatic carbocycles. The van der Waals surface area contributed by atoms with Crippen LogP contribution in [0.25, 0.3) is 11.3 Å². The first-order valence-electron chi connectivity index (χ1n) is 9.68. The Morgan fingerprint density at radius 2 is 1.89 bits per heavy atom. The second-order valence-corrected chi connectivity index (χ2v) is 7.29. The van der Waals surface area contributed by atoms with Gasteiger partial charge in [-0.25, -0.2) is 0 Å². The molecule has 0 spiro atoms. The van der Waals surface area contributed by atoms with E-state index in [9.17, 15) is 9.59 Å². The van der Waals surface area contributed by atoms with E-state index in [-0.39, 0.29) is 17.9 Å². The predicted molar refractivity (Wildman–Crippen MR) is 104 cm³/mol. The zero-order valence-corrected chi connectivity index (χ0v) is 16.0. The minimum Gasteiger partial charge on any atom is -0.380 e. The summed E-state index contributed by atoms with van der Waals surface area (Å²) in [5.41, 5.74) is 1.96. The average molecular weight is 380 g/mol. The molecule has 4 rings (SSSR count). The van der Waals surface area contributed by atoms with Crippen LogP contribution in [0.3, 0.4) is 0 Å². The van der Waals surface area contributed by atoms with E-state index in [1.54, 1.807) is 18.1 Å². The molecule has 2 saturated heterocycles. The molecule has 0 N–H and O–H groups in total. The molecule has 2 atom stereocenters. The maximum atomic E-state index is 13.3. The number of likely N-dealkylation sites (tertiary alicyclic amines) is 2. The molecule has 7 nitrogen and oxygen atoms in total. The number of ether oxygens (including phenoxy) is 1. The zero-order chi connectivity index (χ0) is 19.5. The van der Waals surface area contributed by atoms with Crippen LogP contribution in [0.15, 0.2) is 42.6 Å². The van der Waals surface area contributed by atoms with Crippen LogP contribution in [0.2, 0.25) is 0 Å². The van der Waals surface area contributed by atoms with Crippen molar-refractivity contribution in [2.45, 2.75) is 31.4 Å². The molecule has 2 aromatic rings. The Morgan fingerprint density at radius 3 is 2.61 bits per heavy atom. The normalized spacial score (nSPS) is 21.9. The van der Waals surface area contributed by atoms with Crippen molar-refractivity contribution >= 4 is 11.8 Å². The number of benzene rings is 1. The van der Waals surface area contributed by atoms with Crippen molar-refractivity contribution in [3.8, 4) is 11.3 Å². The zero-order valence-electron chi connectivity index (χ0n) is 16.0. The second-order valence-electron chi connectivity index (χ2n) is 7.29. The lowest BCUT2D eigenvalue weighted by atomic mass is 10.1. The summed E-state index contributed by atoms with van der Waals surface area (Å²) in [5, 5.41) is 8.16. The Balaban J connectivity index is 1.59. The van der Waals surface area contributed by atoms with Gasteiger partial charge in [-0.2, -0.15) is 10.2 Å². The Bertz CT molecular complexity index is 852. The van der Waals surface area contributed by atoms with E-state index in [1.165, 1.54) is 6.20 Å². The predicted octanol–water partition coefficient (Wildman–Crippen LogP) is 2.00. The number of methoxy groups -OCH3 is 1. The fourth-order valence-electron chi connectivity index (χ4n) is 3.97. The third-order valence-electron chi connectivity index (χ3n) is 5.53. The maximum Gasteiger partial charge on any atom is 0.256 e. The standard InChI is InChI=1S/C21H24N4O3/c1-28-17-12-19(21(27)24-9-5-6-10-24)25(14-17)20(26)16-11-18(23-22-13-16)15-7-3-2-4-8-15/h2-4,7-8,11,13,17,19H,5-6,9-10,12,14H2,1H3/t17-,19-/m0/s1. The summed E-state index contributed by atoms with van der Waals surface area (Å²) >= 11 is 0. The van der Waals surface area contributed by atoms with Gasteiger partial charge >= 0.3 is 0 Å². The first kappa shape index (κ1) is 18.6. The summed E-state index contributed by atoms with van der Waals surface area (Å²) in [6.07, 6.45) is 3.90. The summed E-state index contributed by atoms with van der Waals surface area (Å²) in [7, 11) is 1.62. The van der Waals surface area contributed by atoms with Gasteiger partial charge in [-0.15, -0.1) is 0 Å². The summed E-state index contributed by atoms with van der Waals surface area (Å²) < 4.78 is 5.47. The van der Waals surface area contributed by atoms with Crippen LogP contribution in [-0.2, 0) is 9.53 Å². The smallest absolute Gasteiger partial charge is 0.256 e. The number of aromatic nitrogens is 2. The molecule has 0 saturated carbocycles. The largest absolute Gasteiger partial charge is 0.380 e. The molecular formula is C21H24N4O3. The van der Waals surface area contributed by atoms with Crippen LogP contribution in [0.5, 0.6) is 0 Å². The molecule has 0 unspecified atom stereocenters. The van der Waals surface area contributed by atoms with Gasteiger partial charge in [-0.1, -0.05) is 30.3 Å². The highest BCUT2D eigenvalue weighted by molar-refractivity contribution is 5.98. The maximum absolute atomic E-state index is 13.3. The molecule has 2 fully saturated rings. The highest BCUT2D eigenvalue weighted by Crippen LogP contribution is 2.26. The fraction of sp³-hybridized carbons (Fsp3) is 0.429. The van der Waals surface area contributed by atoms with Gasteiger partial charge in [0.2, 0.25) is 5.91 Å². The van der Waals surface area contributed by atoms with E-state index in [1.807, 2.05) is 35.2 Å². The Kier molecular flexibility index (Phi) is 5.34. The van der Waals surface area contributed by atoms with Crippen LogP contribution in [0.1, 0.15) is 29.6 Å². The molecule has 2 amide bonds. The van der Waals surface area contributed by atoms with Crippen LogP contribution in [-0.4, -0.2) is 70.7 Å². The van der Waals surface area contributed by atoms with Gasteiger partial charge in [0.25, 0.3) is 5.91 Å². The number of carbonyl (C=O) groups excluding carboxylic acids is 2. The van der Waals surface area contributed by atoms with Crippen LogP contribution >= 0.6 is 0 Å². The average Bonchev–Trinajstić information content (AvgIpc) is 3.43. The van der Waals surface area contributed by atoms with Crippen molar-refractivity contribution in [3.63, 3.8) is 0 Å². The number of rotatable bonds is 4. The van der Waals surface area contributed by atoms with E-state index in [0.717, 1.165) is 31.5 Å². The number of amides is 2. The molecular weight excluding hydrogens is 356 g/mol. The monoisotopic (exact) mass is 380 g/mol. The quantitative estimate of drug-likeness (QED) is 0.811. The topological polar surface area (TPSA) is 75.6 Å². The van der Waals surface area contributed by atoms with Crippen molar-refractivity contribution in [2.75, 3.05) is 26.7 Å². The van der Waals surface area contributed by atoms with Crippen molar-refractivity contribution in [2.24, 2.45) is 0 Å². The highest BCUT2D eigenvalue weighted by atomic mass is 16.5. The van der Waals surface area contributed by atoms with Crippen LogP contribution in [0, 0.1) is 0 Å². The third kappa shape index (κ3) is 3.62. The van der Waals surface area contributed by atoms with E-state index in [0.29, 0.717) is 24.2 Å². The minimum atomic E-state index is -0.483. The molecule has 0 bridgehead atoms. The van der Waals surface area contributed by atoms with E-state index >= 15 is 0 Å². The highest BCUT2D eigenvalue weighted by Gasteiger charge is 2.42. The minimum absolute atomic E-state index is 0.0238. The molecule has 28 heavy (non-hydrogen) atoms. The number of hydrogen-bond acceptors (Lipinski definition) is 5. The van der Waals surface area contributed by atoms with Gasteiger partial charge < -0.3 is 14.5 Å². The van der Waals surface area contributed by atoms with Gasteiger partial charge in [0.05, 0.1) is 23.6 Å². The van der Waals surface area contributed by atoms with Crippen molar-refractivity contribution < 1.29 is 14.3 Å². The van der Waals surface area contributed by atoms with E-state index in [2.05, 4.69) is 10.2 Å². The molecule has 1 aromatic carbocycles. The lowest BCUT2D eigenvalue weighted by molar-refractivity contribution is -0.134. The first-order valence-corrected chi connectivity index (χ1v) is 9.68. The Morgan fingerprint density at radius 1 is 1.14 bits per heavy atom. The summed E-state index contributed by atoms with van der Waals surface area (Å²) in [4.78, 5) is 29.7. The summed E-state index contributed by atoms with van der Waals surface area (Å²) in [6.45, 7) is 1.94. The molecule has 1 aromatic heterocycles. The van der Waals surface area contributed by atoms with Crippen molar-refractivity contribution in [1.29, 1.82) is 0 Å². The fourth-order valence-corrected chi connectivity index (χ4v) is 3.97. The van der Waals surface area contributed by atoms with Crippen molar-refractivity contribution in [3.05, 3.63) is 48.2 Å². The molecule has 2 aliphatic rings. The van der Waals surface area contributed by atoms with Crippen LogP contribution in [0.4, 0.5) is 0 Å². The SMILES string of the molecule is CO[C@H]1C[C@@H](C(=O)N2CCCC2)N(C(=O)c2cnnc(-c3ccccc3)c2)C1. The first-order chi connectivity index (χ1) is 13.7. The molecule has 7 heteroatoms. The van der Waals surface area contributed by atoms with Gasteiger partial charge in [-0.05, 0) is 18.9 Å². The Hall–Kier alpha value is -2.80.